The second-order valence-corrected chi connectivity index (χ2v) is 10.6. The van der Waals surface area contributed by atoms with Gasteiger partial charge in [0.05, 0.1) is 14.2 Å². The predicted molar refractivity (Wildman–Crippen MR) is 62.9 cm³/mol. The summed E-state index contributed by atoms with van der Waals surface area (Å²) in [7, 11) is -1.16. The predicted octanol–water partition coefficient (Wildman–Crippen LogP) is 3.66. The fraction of sp³-hybridized carbons (Fsp3) is 1.00. The normalized spacial score (nSPS) is 17.1. The second-order valence-electron chi connectivity index (χ2n) is 5.12. The second kappa shape index (κ2) is 5.81. The van der Waals surface area contributed by atoms with Crippen molar-refractivity contribution >= 4 is 8.07 Å². The third-order valence-electron chi connectivity index (χ3n) is 2.76. The molecule has 1 nitrogen and oxygen atoms in total. The van der Waals surface area contributed by atoms with Crippen LogP contribution in [0.5, 0.6) is 0 Å². The van der Waals surface area contributed by atoms with Crippen LogP contribution in [0.3, 0.4) is 0 Å². The summed E-state index contributed by atoms with van der Waals surface area (Å²) in [5.74, 6) is 0. The molecule has 0 aromatic heterocycles. The maximum atomic E-state index is 10.0. The lowest BCUT2D eigenvalue weighted by Gasteiger charge is -2.32. The molecule has 2 heteroatoms. The minimum atomic E-state index is -1.16. The van der Waals surface area contributed by atoms with E-state index in [4.69, 9.17) is 0 Å². The average Bonchev–Trinajstić information content (AvgIpc) is 1.98. The summed E-state index contributed by atoms with van der Waals surface area (Å²) in [5.41, 5.74) is 0.595. The van der Waals surface area contributed by atoms with Crippen LogP contribution in [0.1, 0.15) is 39.5 Å². The summed E-state index contributed by atoms with van der Waals surface area (Å²) >= 11 is 0. The van der Waals surface area contributed by atoms with E-state index in [2.05, 4.69) is 33.5 Å². The third kappa shape index (κ3) is 4.82. The van der Waals surface area contributed by atoms with Gasteiger partial charge in [-0.15, -0.1) is 0 Å². The first kappa shape index (κ1) is 13.2. The van der Waals surface area contributed by atoms with Crippen LogP contribution in [-0.2, 0) is 0 Å². The van der Waals surface area contributed by atoms with Crippen molar-refractivity contribution in [2.24, 2.45) is 0 Å². The van der Waals surface area contributed by atoms with Gasteiger partial charge in [0.15, 0.2) is 0 Å². The largest absolute Gasteiger partial charge is 0.393 e. The highest BCUT2D eigenvalue weighted by atomic mass is 28.3. The Balaban J connectivity index is 4.23. The molecular weight excluding hydrogens is 176 g/mol. The van der Waals surface area contributed by atoms with E-state index >= 15 is 0 Å². The van der Waals surface area contributed by atoms with Crippen LogP contribution in [0.2, 0.25) is 25.2 Å². The van der Waals surface area contributed by atoms with Crippen molar-refractivity contribution in [3.05, 3.63) is 0 Å². The fourth-order valence-electron chi connectivity index (χ4n) is 2.01. The van der Waals surface area contributed by atoms with Gasteiger partial charge in [0, 0.05) is 0 Å². The summed E-state index contributed by atoms with van der Waals surface area (Å²) in [5, 5.41) is 10.0. The molecule has 1 N–H and O–H groups in total. The molecule has 0 amide bonds. The number of hydrogen-bond acceptors (Lipinski definition) is 1. The fourth-order valence-corrected chi connectivity index (χ4v) is 4.49. The third-order valence-corrected chi connectivity index (χ3v) is 5.66. The highest BCUT2D eigenvalue weighted by molar-refractivity contribution is 6.77. The van der Waals surface area contributed by atoms with E-state index in [1.54, 1.807) is 0 Å². The molecule has 0 radical (unpaired) electrons. The zero-order valence-corrected chi connectivity index (χ0v) is 10.9. The first-order valence-corrected chi connectivity index (χ1v) is 9.19. The van der Waals surface area contributed by atoms with Gasteiger partial charge in [0.25, 0.3) is 0 Å². The first-order valence-electron chi connectivity index (χ1n) is 5.61. The van der Waals surface area contributed by atoms with Crippen LogP contribution in [0.4, 0.5) is 0 Å². The average molecular weight is 202 g/mol. The Morgan fingerprint density at radius 3 is 1.77 bits per heavy atom. The minimum absolute atomic E-state index is 0.0448. The van der Waals surface area contributed by atoms with Gasteiger partial charge in [-0.1, -0.05) is 52.8 Å². The van der Waals surface area contributed by atoms with Gasteiger partial charge in [0.1, 0.15) is 0 Å². The van der Waals surface area contributed by atoms with Crippen LogP contribution in [-0.4, -0.2) is 19.3 Å². The maximum Gasteiger partial charge on any atom is 0.0544 e. The number of aliphatic hydroxyl groups excluding tert-OH is 1. The van der Waals surface area contributed by atoms with E-state index in [-0.39, 0.29) is 6.10 Å². The number of hydrogen-bond donors (Lipinski definition) is 1. The van der Waals surface area contributed by atoms with E-state index in [0.717, 1.165) is 12.8 Å². The molecule has 0 aliphatic heterocycles. The summed E-state index contributed by atoms with van der Waals surface area (Å²) in [6.07, 6.45) is 4.45. The van der Waals surface area contributed by atoms with Crippen LogP contribution in [0.15, 0.2) is 0 Å². The van der Waals surface area contributed by atoms with E-state index < -0.39 is 8.07 Å². The monoisotopic (exact) mass is 202 g/mol. The van der Waals surface area contributed by atoms with Gasteiger partial charge >= 0.3 is 0 Å². The van der Waals surface area contributed by atoms with Crippen LogP contribution in [0.25, 0.3) is 0 Å². The number of rotatable bonds is 6. The van der Waals surface area contributed by atoms with Gasteiger partial charge in [0.2, 0.25) is 0 Å². The lowest BCUT2D eigenvalue weighted by molar-refractivity contribution is 0.148. The Morgan fingerprint density at radius 2 is 1.46 bits per heavy atom. The van der Waals surface area contributed by atoms with Gasteiger partial charge in [-0.2, -0.15) is 0 Å². The Labute approximate surface area is 84.6 Å². The Kier molecular flexibility index (Phi) is 5.89. The maximum absolute atomic E-state index is 10.0. The molecule has 0 bridgehead atoms. The summed E-state index contributed by atoms with van der Waals surface area (Å²) in [6.45, 7) is 11.5. The molecule has 80 valence electrons. The van der Waals surface area contributed by atoms with Crippen molar-refractivity contribution in [1.29, 1.82) is 0 Å². The number of aliphatic hydroxyl groups is 1. The van der Waals surface area contributed by atoms with Gasteiger partial charge in [-0.3, -0.25) is 0 Å². The van der Waals surface area contributed by atoms with E-state index in [0.29, 0.717) is 5.54 Å². The van der Waals surface area contributed by atoms with Gasteiger partial charge in [-0.05, 0) is 12.0 Å². The van der Waals surface area contributed by atoms with Crippen LogP contribution in [0, 0.1) is 0 Å². The highest BCUT2D eigenvalue weighted by Crippen LogP contribution is 2.32. The summed E-state index contributed by atoms with van der Waals surface area (Å²) < 4.78 is 0. The van der Waals surface area contributed by atoms with Crippen LogP contribution >= 0.6 is 0 Å². The molecule has 0 heterocycles. The molecule has 0 saturated carbocycles. The van der Waals surface area contributed by atoms with Gasteiger partial charge in [-0.25, -0.2) is 0 Å². The molecule has 0 fully saturated rings. The molecule has 0 spiro atoms. The van der Waals surface area contributed by atoms with E-state index in [1.807, 2.05) is 0 Å². The molecule has 0 rings (SSSR count). The van der Waals surface area contributed by atoms with Crippen molar-refractivity contribution in [3.8, 4) is 0 Å². The molecule has 2 atom stereocenters. The molecular formula is C11H26OSi. The quantitative estimate of drug-likeness (QED) is 0.652. The van der Waals surface area contributed by atoms with Crippen molar-refractivity contribution in [2.75, 3.05) is 0 Å². The topological polar surface area (TPSA) is 20.2 Å². The summed E-state index contributed by atoms with van der Waals surface area (Å²) in [6, 6.07) is 0. The Bertz CT molecular complexity index is 129. The van der Waals surface area contributed by atoms with Crippen molar-refractivity contribution in [2.45, 2.75) is 70.8 Å². The van der Waals surface area contributed by atoms with Gasteiger partial charge < -0.3 is 5.11 Å². The lowest BCUT2D eigenvalue weighted by Crippen LogP contribution is -2.36. The SMILES string of the molecule is CCCC(O)C(CCC)[Si](C)(C)C. The van der Waals surface area contributed by atoms with E-state index in [1.165, 1.54) is 12.8 Å². The zero-order valence-electron chi connectivity index (χ0n) is 9.93. The minimum Gasteiger partial charge on any atom is -0.393 e. The molecule has 13 heavy (non-hydrogen) atoms. The molecule has 0 saturated heterocycles. The molecule has 0 aliphatic rings. The zero-order chi connectivity index (χ0) is 10.5. The smallest absolute Gasteiger partial charge is 0.0544 e. The van der Waals surface area contributed by atoms with Crippen molar-refractivity contribution in [1.82, 2.24) is 0 Å². The molecule has 0 aromatic rings. The first-order chi connectivity index (χ1) is 5.93. The van der Waals surface area contributed by atoms with Crippen molar-refractivity contribution in [3.63, 3.8) is 0 Å². The lowest BCUT2D eigenvalue weighted by atomic mass is 10.1. The Morgan fingerprint density at radius 1 is 1.00 bits per heavy atom. The summed E-state index contributed by atoms with van der Waals surface area (Å²) in [4.78, 5) is 0. The molecule has 0 aliphatic carbocycles. The standard InChI is InChI=1S/C11H26OSi/c1-6-8-10(12)11(9-7-2)13(3,4)5/h10-12H,6-9H2,1-5H3. The van der Waals surface area contributed by atoms with Crippen molar-refractivity contribution < 1.29 is 5.11 Å². The van der Waals surface area contributed by atoms with Crippen LogP contribution < -0.4 is 0 Å². The van der Waals surface area contributed by atoms with E-state index in [9.17, 15) is 5.11 Å². The highest BCUT2D eigenvalue weighted by Gasteiger charge is 2.31. The molecule has 0 aromatic carbocycles. The molecule has 2 unspecified atom stereocenters. The Hall–Kier alpha value is 0.177.